The Kier molecular flexibility index (Phi) is 3.62. The summed E-state index contributed by atoms with van der Waals surface area (Å²) in [5.41, 5.74) is 7.63. The Morgan fingerprint density at radius 3 is 2.58 bits per heavy atom. The Morgan fingerprint density at radius 1 is 1.32 bits per heavy atom. The molecule has 1 aromatic heterocycles. The van der Waals surface area contributed by atoms with Crippen LogP contribution in [0.4, 0.5) is 0 Å². The molecule has 1 heterocycles. The van der Waals surface area contributed by atoms with Gasteiger partial charge in [0.2, 0.25) is 5.89 Å². The van der Waals surface area contributed by atoms with Crippen molar-refractivity contribution in [3.05, 3.63) is 35.9 Å². The molecule has 19 heavy (non-hydrogen) atoms. The normalized spacial score (nSPS) is 11.6. The first-order valence-corrected chi connectivity index (χ1v) is 6.29. The predicted octanol–water partition coefficient (Wildman–Crippen LogP) is 3.11. The van der Waals surface area contributed by atoms with Gasteiger partial charge in [-0.1, -0.05) is 20.8 Å². The van der Waals surface area contributed by atoms with Crippen LogP contribution in [0.1, 0.15) is 32.2 Å². The van der Waals surface area contributed by atoms with Crippen molar-refractivity contribution in [2.75, 3.05) is 7.11 Å². The number of oxazole rings is 1. The highest BCUT2D eigenvalue weighted by Gasteiger charge is 2.20. The van der Waals surface area contributed by atoms with Crippen LogP contribution in [0.25, 0.3) is 11.3 Å². The molecular formula is C15H20N2O2. The van der Waals surface area contributed by atoms with Gasteiger partial charge in [-0.05, 0) is 23.6 Å². The average molecular weight is 260 g/mol. The van der Waals surface area contributed by atoms with Crippen molar-refractivity contribution in [2.45, 2.75) is 32.7 Å². The Bertz CT molecular complexity index is 568. The van der Waals surface area contributed by atoms with Gasteiger partial charge in [0.15, 0.2) is 5.76 Å². The molecule has 4 nitrogen and oxygen atoms in total. The van der Waals surface area contributed by atoms with Crippen LogP contribution in [0.2, 0.25) is 0 Å². The molecule has 0 saturated carbocycles. The van der Waals surface area contributed by atoms with E-state index >= 15 is 0 Å². The predicted molar refractivity (Wildman–Crippen MR) is 75.1 cm³/mol. The first-order chi connectivity index (χ1) is 8.95. The maximum atomic E-state index is 5.58. The largest absolute Gasteiger partial charge is 0.496 e. The summed E-state index contributed by atoms with van der Waals surface area (Å²) in [5, 5.41) is 0. The molecule has 0 aliphatic rings. The van der Waals surface area contributed by atoms with Crippen LogP contribution in [-0.2, 0) is 12.0 Å². The maximum absolute atomic E-state index is 5.58. The summed E-state index contributed by atoms with van der Waals surface area (Å²) in [6, 6.07) is 6.01. The van der Waals surface area contributed by atoms with Crippen LogP contribution < -0.4 is 10.5 Å². The molecule has 2 N–H and O–H groups in total. The quantitative estimate of drug-likeness (QED) is 0.921. The number of nitrogens with zero attached hydrogens (tertiary/aromatic N) is 1. The molecule has 0 unspecified atom stereocenters. The van der Waals surface area contributed by atoms with Crippen LogP contribution in [0.5, 0.6) is 5.75 Å². The van der Waals surface area contributed by atoms with E-state index in [4.69, 9.17) is 14.9 Å². The molecule has 4 heteroatoms. The first-order valence-electron chi connectivity index (χ1n) is 6.29. The molecule has 2 aromatic rings. The standard InChI is InChI=1S/C15H20N2O2/c1-15(2,3)11-7-10(5-6-12(11)18-4)13-9-17-14(8-16)19-13/h5-7,9H,8,16H2,1-4H3. The topological polar surface area (TPSA) is 61.3 Å². The highest BCUT2D eigenvalue weighted by atomic mass is 16.5. The monoisotopic (exact) mass is 260 g/mol. The van der Waals surface area contributed by atoms with Crippen LogP contribution >= 0.6 is 0 Å². The Balaban J connectivity index is 2.48. The zero-order valence-corrected chi connectivity index (χ0v) is 11.9. The second-order valence-corrected chi connectivity index (χ2v) is 5.49. The zero-order chi connectivity index (χ0) is 14.0. The van der Waals surface area contributed by atoms with Crippen molar-refractivity contribution in [3.8, 4) is 17.1 Å². The van der Waals surface area contributed by atoms with E-state index in [1.807, 2.05) is 12.1 Å². The van der Waals surface area contributed by atoms with Gasteiger partial charge in [-0.3, -0.25) is 0 Å². The first kappa shape index (κ1) is 13.6. The fraction of sp³-hybridized carbons (Fsp3) is 0.400. The van der Waals surface area contributed by atoms with Crippen molar-refractivity contribution < 1.29 is 9.15 Å². The van der Waals surface area contributed by atoms with Gasteiger partial charge in [0.25, 0.3) is 0 Å². The van der Waals surface area contributed by atoms with Crippen molar-refractivity contribution in [2.24, 2.45) is 5.73 Å². The molecular weight excluding hydrogens is 240 g/mol. The Labute approximate surface area is 113 Å². The fourth-order valence-electron chi connectivity index (χ4n) is 1.99. The third kappa shape index (κ3) is 2.79. The molecule has 0 bridgehead atoms. The molecule has 0 atom stereocenters. The number of aromatic nitrogens is 1. The van der Waals surface area contributed by atoms with Gasteiger partial charge in [-0.15, -0.1) is 0 Å². The smallest absolute Gasteiger partial charge is 0.208 e. The molecule has 0 spiro atoms. The van der Waals surface area contributed by atoms with Crippen molar-refractivity contribution >= 4 is 0 Å². The third-order valence-corrected chi connectivity index (χ3v) is 3.02. The van der Waals surface area contributed by atoms with Gasteiger partial charge < -0.3 is 14.9 Å². The molecule has 0 aliphatic carbocycles. The summed E-state index contributed by atoms with van der Waals surface area (Å²) in [6.45, 7) is 6.77. The van der Waals surface area contributed by atoms with Gasteiger partial charge in [-0.2, -0.15) is 0 Å². The minimum absolute atomic E-state index is 0.00191. The number of nitrogens with two attached hydrogens (primary N) is 1. The van der Waals surface area contributed by atoms with Gasteiger partial charge in [0.1, 0.15) is 5.75 Å². The van der Waals surface area contributed by atoms with E-state index in [0.717, 1.165) is 22.6 Å². The van der Waals surface area contributed by atoms with E-state index in [2.05, 4.69) is 31.8 Å². The second-order valence-electron chi connectivity index (χ2n) is 5.49. The molecule has 0 saturated heterocycles. The van der Waals surface area contributed by atoms with E-state index in [9.17, 15) is 0 Å². The SMILES string of the molecule is COc1ccc(-c2cnc(CN)o2)cc1C(C)(C)C. The van der Waals surface area contributed by atoms with Crippen LogP contribution in [0, 0.1) is 0 Å². The minimum atomic E-state index is -0.00191. The number of rotatable bonds is 3. The average Bonchev–Trinajstić information content (AvgIpc) is 2.85. The van der Waals surface area contributed by atoms with E-state index in [1.165, 1.54) is 0 Å². The molecule has 1 aromatic carbocycles. The highest BCUT2D eigenvalue weighted by Crippen LogP contribution is 2.35. The van der Waals surface area contributed by atoms with E-state index in [1.54, 1.807) is 13.3 Å². The van der Waals surface area contributed by atoms with E-state index in [-0.39, 0.29) is 5.41 Å². The molecule has 2 rings (SSSR count). The van der Waals surface area contributed by atoms with Crippen molar-refractivity contribution in [3.63, 3.8) is 0 Å². The van der Waals surface area contributed by atoms with Crippen molar-refractivity contribution in [1.82, 2.24) is 4.98 Å². The summed E-state index contributed by atoms with van der Waals surface area (Å²) < 4.78 is 11.0. The summed E-state index contributed by atoms with van der Waals surface area (Å²) in [5.74, 6) is 2.16. The number of methoxy groups -OCH3 is 1. The summed E-state index contributed by atoms with van der Waals surface area (Å²) >= 11 is 0. The Hall–Kier alpha value is -1.81. The lowest BCUT2D eigenvalue weighted by atomic mass is 9.85. The number of ether oxygens (including phenoxy) is 1. The van der Waals surface area contributed by atoms with Gasteiger partial charge in [0, 0.05) is 11.1 Å². The van der Waals surface area contributed by atoms with Gasteiger partial charge in [0.05, 0.1) is 19.9 Å². The summed E-state index contributed by atoms with van der Waals surface area (Å²) in [7, 11) is 1.69. The molecule has 0 aliphatic heterocycles. The van der Waals surface area contributed by atoms with Crippen LogP contribution in [0.15, 0.2) is 28.8 Å². The fourth-order valence-corrected chi connectivity index (χ4v) is 1.99. The minimum Gasteiger partial charge on any atom is -0.496 e. The lowest BCUT2D eigenvalue weighted by Crippen LogP contribution is -2.12. The number of hydrogen-bond donors (Lipinski definition) is 1. The molecule has 102 valence electrons. The maximum Gasteiger partial charge on any atom is 0.208 e. The van der Waals surface area contributed by atoms with Gasteiger partial charge in [-0.25, -0.2) is 4.98 Å². The number of benzene rings is 1. The van der Waals surface area contributed by atoms with Crippen LogP contribution in [-0.4, -0.2) is 12.1 Å². The van der Waals surface area contributed by atoms with E-state index < -0.39 is 0 Å². The lowest BCUT2D eigenvalue weighted by Gasteiger charge is -2.22. The molecule has 0 radical (unpaired) electrons. The van der Waals surface area contributed by atoms with Crippen molar-refractivity contribution in [1.29, 1.82) is 0 Å². The summed E-state index contributed by atoms with van der Waals surface area (Å²) in [6.07, 6.45) is 1.70. The lowest BCUT2D eigenvalue weighted by molar-refractivity contribution is 0.397. The zero-order valence-electron chi connectivity index (χ0n) is 11.9. The van der Waals surface area contributed by atoms with Crippen LogP contribution in [0.3, 0.4) is 0 Å². The Morgan fingerprint density at radius 2 is 2.05 bits per heavy atom. The van der Waals surface area contributed by atoms with Gasteiger partial charge >= 0.3 is 0 Å². The highest BCUT2D eigenvalue weighted by molar-refractivity contribution is 5.61. The number of hydrogen-bond acceptors (Lipinski definition) is 4. The summed E-state index contributed by atoms with van der Waals surface area (Å²) in [4.78, 5) is 4.12. The second kappa shape index (κ2) is 5.05. The third-order valence-electron chi connectivity index (χ3n) is 3.02. The molecule has 0 amide bonds. The molecule has 0 fully saturated rings. The van der Waals surface area contributed by atoms with E-state index in [0.29, 0.717) is 12.4 Å².